The number of carbonyl (C=O) groups excluding carboxylic acids is 1. The van der Waals surface area contributed by atoms with Crippen molar-refractivity contribution < 1.29 is 14.6 Å². The van der Waals surface area contributed by atoms with Gasteiger partial charge in [0.2, 0.25) is 5.16 Å². The summed E-state index contributed by atoms with van der Waals surface area (Å²) in [7, 11) is 0. The quantitative estimate of drug-likeness (QED) is 0.475. The zero-order valence-electron chi connectivity index (χ0n) is 15.2. The normalized spacial score (nSPS) is 11.7. The van der Waals surface area contributed by atoms with Gasteiger partial charge in [-0.2, -0.15) is 0 Å². The Morgan fingerprint density at radius 1 is 1.22 bits per heavy atom. The number of nitrogens with one attached hydrogen (secondary N) is 1. The summed E-state index contributed by atoms with van der Waals surface area (Å²) in [4.78, 5) is 16.0. The van der Waals surface area contributed by atoms with E-state index in [1.54, 1.807) is 6.08 Å². The molecule has 1 aromatic heterocycles. The monoisotopic (exact) mass is 382 g/mol. The van der Waals surface area contributed by atoms with Crippen LogP contribution >= 0.6 is 11.8 Å². The van der Waals surface area contributed by atoms with E-state index >= 15 is 0 Å². The molecule has 140 valence electrons. The Morgan fingerprint density at radius 3 is 2.70 bits per heavy atom. The third-order valence-electron chi connectivity index (χ3n) is 3.90. The molecule has 0 unspecified atom stereocenters. The van der Waals surface area contributed by atoms with Gasteiger partial charge in [-0.15, -0.1) is 5.10 Å². The average Bonchev–Trinajstić information content (AvgIpc) is 3.10. The molecular weight excluding hydrogens is 362 g/mol. The second kappa shape index (κ2) is 8.73. The van der Waals surface area contributed by atoms with Crippen LogP contribution in [0.4, 0.5) is 0 Å². The predicted molar refractivity (Wildman–Crippen MR) is 104 cm³/mol. The summed E-state index contributed by atoms with van der Waals surface area (Å²) in [6.45, 7) is 4.53. The fourth-order valence-electron chi connectivity index (χ4n) is 2.74. The van der Waals surface area contributed by atoms with E-state index in [0.29, 0.717) is 11.8 Å². The lowest BCUT2D eigenvalue weighted by atomic mass is 10.0. The number of carbonyl (C=O) groups is 1. The summed E-state index contributed by atoms with van der Waals surface area (Å²) in [5, 5.41) is 20.8. The van der Waals surface area contributed by atoms with Gasteiger partial charge >= 0.3 is 0 Å². The number of carboxylic acids is 1. The molecule has 1 heterocycles. The Hall–Kier alpha value is -2.80. The van der Waals surface area contributed by atoms with Gasteiger partial charge in [-0.3, -0.25) is 5.10 Å². The minimum Gasteiger partial charge on any atom is -0.544 e. The van der Waals surface area contributed by atoms with Gasteiger partial charge in [-0.25, -0.2) is 4.98 Å². The minimum atomic E-state index is -1.26. The molecule has 3 aromatic rings. The average molecular weight is 382 g/mol. The second-order valence-corrected chi connectivity index (χ2v) is 6.85. The summed E-state index contributed by atoms with van der Waals surface area (Å²) in [5.41, 5.74) is 0.769. The van der Waals surface area contributed by atoms with Gasteiger partial charge in [0.25, 0.3) is 0 Å². The number of aromatic amines is 1. The van der Waals surface area contributed by atoms with E-state index in [1.165, 1.54) is 0 Å². The molecular formula is C20H20N3O3S-. The number of aryl methyl sites for hydroxylation is 1. The number of hydrogen-bond acceptors (Lipinski definition) is 6. The van der Waals surface area contributed by atoms with Crippen LogP contribution in [0.1, 0.15) is 31.7 Å². The standard InChI is InChI=1S/C20H21N3O3S/c1-3-7-18-21-20(23-22-18)27-17(19(24)25)12-13-10-11-16(26-4-2)15-9-6-5-8-14(13)15/h5-6,8-12H,3-4,7H2,1-2H3,(H,24,25)(H,21,22,23)/p-1/b17-12+. The lowest BCUT2D eigenvalue weighted by Crippen LogP contribution is -2.23. The molecule has 27 heavy (non-hydrogen) atoms. The maximum Gasteiger partial charge on any atom is 0.213 e. The Labute approximate surface area is 161 Å². The van der Waals surface area contributed by atoms with E-state index in [-0.39, 0.29) is 4.91 Å². The third-order valence-corrected chi connectivity index (χ3v) is 4.77. The number of carboxylic acid groups (broad SMARTS) is 1. The van der Waals surface area contributed by atoms with Gasteiger partial charge in [-0.1, -0.05) is 37.3 Å². The smallest absolute Gasteiger partial charge is 0.213 e. The van der Waals surface area contributed by atoms with Gasteiger partial charge in [-0.05, 0) is 48.2 Å². The summed E-state index contributed by atoms with van der Waals surface area (Å²) < 4.78 is 5.67. The number of nitrogens with zero attached hydrogens (tertiary/aromatic N) is 2. The van der Waals surface area contributed by atoms with Gasteiger partial charge in [0.1, 0.15) is 11.6 Å². The van der Waals surface area contributed by atoms with E-state index in [4.69, 9.17) is 4.74 Å². The van der Waals surface area contributed by atoms with E-state index in [9.17, 15) is 9.90 Å². The van der Waals surface area contributed by atoms with Crippen molar-refractivity contribution in [3.05, 3.63) is 52.7 Å². The molecule has 0 aliphatic rings. The molecule has 0 saturated heterocycles. The van der Waals surface area contributed by atoms with Crippen LogP contribution in [0.25, 0.3) is 16.8 Å². The molecule has 6 nitrogen and oxygen atoms in total. The zero-order valence-corrected chi connectivity index (χ0v) is 16.0. The Bertz CT molecular complexity index is 982. The van der Waals surface area contributed by atoms with E-state index < -0.39 is 5.97 Å². The number of hydrogen-bond donors (Lipinski definition) is 1. The number of aliphatic carboxylic acids is 1. The van der Waals surface area contributed by atoms with Crippen LogP contribution < -0.4 is 9.84 Å². The van der Waals surface area contributed by atoms with Gasteiger partial charge < -0.3 is 14.6 Å². The molecule has 1 N–H and O–H groups in total. The van der Waals surface area contributed by atoms with Crippen LogP contribution in [-0.2, 0) is 11.2 Å². The summed E-state index contributed by atoms with van der Waals surface area (Å²) in [6, 6.07) is 11.4. The highest BCUT2D eigenvalue weighted by Crippen LogP contribution is 2.32. The van der Waals surface area contributed by atoms with E-state index in [0.717, 1.165) is 52.5 Å². The summed E-state index contributed by atoms with van der Waals surface area (Å²) >= 11 is 0.976. The highest BCUT2D eigenvalue weighted by atomic mass is 32.2. The van der Waals surface area contributed by atoms with Crippen LogP contribution in [0.3, 0.4) is 0 Å². The number of H-pyrrole nitrogens is 1. The highest BCUT2D eigenvalue weighted by Gasteiger charge is 2.11. The molecule has 0 bridgehead atoms. The molecule has 0 fully saturated rings. The Kier molecular flexibility index (Phi) is 6.13. The number of thioether (sulfide) groups is 1. The predicted octanol–water partition coefficient (Wildman–Crippen LogP) is 3.19. The van der Waals surface area contributed by atoms with Crippen LogP contribution in [0, 0.1) is 0 Å². The van der Waals surface area contributed by atoms with E-state index in [2.05, 4.69) is 15.2 Å². The molecule has 7 heteroatoms. The number of aromatic nitrogens is 3. The topological polar surface area (TPSA) is 90.9 Å². The zero-order chi connectivity index (χ0) is 19.2. The molecule has 0 atom stereocenters. The van der Waals surface area contributed by atoms with Crippen LogP contribution in [-0.4, -0.2) is 27.8 Å². The maximum absolute atomic E-state index is 11.7. The fraction of sp³-hybridized carbons (Fsp3) is 0.250. The van der Waals surface area contributed by atoms with Crippen LogP contribution in [0.2, 0.25) is 0 Å². The molecule has 3 rings (SSSR count). The molecule has 0 radical (unpaired) electrons. The summed E-state index contributed by atoms with van der Waals surface area (Å²) in [5.74, 6) is 0.245. The van der Waals surface area contributed by atoms with Crippen molar-refractivity contribution in [1.82, 2.24) is 15.2 Å². The molecule has 0 amide bonds. The SMILES string of the molecule is CCCc1nc(S/C(=C/c2ccc(OCC)c3ccccc23)C(=O)[O-])n[nH]1. The molecule has 0 aliphatic carbocycles. The van der Waals surface area contributed by atoms with Crippen molar-refractivity contribution >= 4 is 34.6 Å². The van der Waals surface area contributed by atoms with Crippen LogP contribution in [0.15, 0.2) is 46.5 Å². The number of benzene rings is 2. The fourth-order valence-corrected chi connectivity index (χ4v) is 3.46. The Morgan fingerprint density at radius 2 is 2.00 bits per heavy atom. The number of ether oxygens (including phenoxy) is 1. The van der Waals surface area contributed by atoms with Crippen molar-refractivity contribution in [1.29, 1.82) is 0 Å². The van der Waals surface area contributed by atoms with E-state index in [1.807, 2.05) is 50.2 Å². The van der Waals surface area contributed by atoms with Crippen LogP contribution in [0.5, 0.6) is 5.75 Å². The van der Waals surface area contributed by atoms with Crippen molar-refractivity contribution in [2.24, 2.45) is 0 Å². The van der Waals surface area contributed by atoms with Gasteiger partial charge in [0.05, 0.1) is 12.6 Å². The lowest BCUT2D eigenvalue weighted by Gasteiger charge is -2.11. The van der Waals surface area contributed by atoms with Crippen molar-refractivity contribution in [3.63, 3.8) is 0 Å². The van der Waals surface area contributed by atoms with Gasteiger partial charge in [0.15, 0.2) is 0 Å². The summed E-state index contributed by atoms with van der Waals surface area (Å²) in [6.07, 6.45) is 3.29. The third kappa shape index (κ3) is 4.49. The first kappa shape index (κ1) is 19.0. The largest absolute Gasteiger partial charge is 0.544 e. The van der Waals surface area contributed by atoms with Crippen molar-refractivity contribution in [2.75, 3.05) is 6.61 Å². The molecule has 2 aromatic carbocycles. The van der Waals surface area contributed by atoms with Crippen molar-refractivity contribution in [2.45, 2.75) is 31.8 Å². The first-order chi connectivity index (χ1) is 13.1. The number of fused-ring (bicyclic) bond motifs is 1. The number of rotatable bonds is 8. The minimum absolute atomic E-state index is 0.0476. The molecule has 0 aliphatic heterocycles. The first-order valence-electron chi connectivity index (χ1n) is 8.79. The molecule has 0 saturated carbocycles. The highest BCUT2D eigenvalue weighted by molar-refractivity contribution is 8.04. The Balaban J connectivity index is 1.98. The first-order valence-corrected chi connectivity index (χ1v) is 9.60. The second-order valence-electron chi connectivity index (χ2n) is 5.84. The lowest BCUT2D eigenvalue weighted by molar-refractivity contribution is -0.297. The van der Waals surface area contributed by atoms with Crippen molar-refractivity contribution in [3.8, 4) is 5.75 Å². The maximum atomic E-state index is 11.7. The van der Waals surface area contributed by atoms with Gasteiger partial charge in [0, 0.05) is 16.7 Å². The molecule has 0 spiro atoms.